The number of aromatic nitrogens is 2. The first-order valence-electron chi connectivity index (χ1n) is 5.81. The molecule has 2 saturated heterocycles. The minimum absolute atomic E-state index is 0.162. The smallest absolute Gasteiger partial charge is 0.325 e. The largest absolute Gasteiger partial charge is 0.393 e. The summed E-state index contributed by atoms with van der Waals surface area (Å²) >= 11 is 0. The van der Waals surface area contributed by atoms with Crippen LogP contribution in [0.15, 0.2) is 15.8 Å². The van der Waals surface area contributed by atoms with E-state index >= 15 is 0 Å². The molecule has 8 nitrogen and oxygen atoms in total. The fourth-order valence-electron chi connectivity index (χ4n) is 1.94. The van der Waals surface area contributed by atoms with Crippen molar-refractivity contribution in [2.24, 2.45) is 0 Å². The van der Waals surface area contributed by atoms with Gasteiger partial charge in [-0.2, -0.15) is 0 Å². The molecule has 106 valence electrons. The molecule has 0 spiro atoms. The van der Waals surface area contributed by atoms with Crippen LogP contribution in [0.5, 0.6) is 0 Å². The first-order chi connectivity index (χ1) is 8.98. The van der Waals surface area contributed by atoms with Crippen molar-refractivity contribution in [3.8, 4) is 0 Å². The Labute approximate surface area is 108 Å². The maximum absolute atomic E-state index is 10.6. The fourth-order valence-corrected chi connectivity index (χ4v) is 1.94. The second-order valence-corrected chi connectivity index (χ2v) is 4.58. The summed E-state index contributed by atoms with van der Waals surface area (Å²) in [6, 6.07) is 0. The second-order valence-electron chi connectivity index (χ2n) is 4.58. The summed E-state index contributed by atoms with van der Waals surface area (Å²) in [5.74, 6) is 0. The van der Waals surface area contributed by atoms with Crippen molar-refractivity contribution in [2.45, 2.75) is 24.7 Å². The molecule has 2 aliphatic rings. The number of aryl methyl sites for hydroxylation is 1. The maximum atomic E-state index is 10.6. The Morgan fingerprint density at radius 3 is 2.58 bits per heavy atom. The van der Waals surface area contributed by atoms with Crippen LogP contribution >= 0.6 is 0 Å². The van der Waals surface area contributed by atoms with Crippen LogP contribution < -0.4 is 11.2 Å². The number of ether oxygens (including phenoxy) is 2. The highest BCUT2D eigenvalue weighted by Gasteiger charge is 2.55. The van der Waals surface area contributed by atoms with Crippen LogP contribution in [0, 0.1) is 6.92 Å². The van der Waals surface area contributed by atoms with Crippen LogP contribution in [0.3, 0.4) is 0 Å². The van der Waals surface area contributed by atoms with Crippen molar-refractivity contribution in [2.75, 3.05) is 19.8 Å². The van der Waals surface area contributed by atoms with Gasteiger partial charge >= 0.3 is 5.69 Å². The predicted molar refractivity (Wildman–Crippen MR) is 63.9 cm³/mol. The van der Waals surface area contributed by atoms with Crippen molar-refractivity contribution < 1.29 is 19.7 Å². The number of hydrogen-bond donors (Lipinski definition) is 4. The van der Waals surface area contributed by atoms with Crippen molar-refractivity contribution in [1.29, 1.82) is 0 Å². The third kappa shape index (κ3) is 2.61. The van der Waals surface area contributed by atoms with Crippen molar-refractivity contribution in [1.82, 2.24) is 9.97 Å². The van der Waals surface area contributed by atoms with Crippen LogP contribution in [-0.4, -0.2) is 57.8 Å². The predicted octanol–water partition coefficient (Wildman–Crippen LogP) is -2.12. The lowest BCUT2D eigenvalue weighted by atomic mass is 10.0. The highest BCUT2D eigenvalue weighted by Crippen LogP contribution is 2.34. The number of rotatable bonds is 1. The lowest BCUT2D eigenvalue weighted by Gasteiger charge is -2.23. The molecular weight excluding hydrogens is 256 g/mol. The Bertz CT molecular complexity index is 543. The molecule has 3 rings (SSSR count). The van der Waals surface area contributed by atoms with Gasteiger partial charge in [-0.1, -0.05) is 0 Å². The second kappa shape index (κ2) is 5.25. The zero-order valence-electron chi connectivity index (χ0n) is 10.4. The van der Waals surface area contributed by atoms with Crippen molar-refractivity contribution >= 4 is 0 Å². The normalized spacial score (nSPS) is 31.9. The number of nitrogens with one attached hydrogen (secondary N) is 2. The number of aliphatic hydroxyl groups is 2. The number of aliphatic hydroxyl groups excluding tert-OH is 2. The van der Waals surface area contributed by atoms with Gasteiger partial charge in [0, 0.05) is 11.8 Å². The third-order valence-electron chi connectivity index (χ3n) is 3.24. The van der Waals surface area contributed by atoms with E-state index in [4.69, 9.17) is 14.6 Å². The molecule has 3 heterocycles. The molecule has 0 amide bonds. The highest BCUT2D eigenvalue weighted by atomic mass is 16.6. The van der Waals surface area contributed by atoms with Crippen LogP contribution in [0.1, 0.15) is 5.56 Å². The van der Waals surface area contributed by atoms with Gasteiger partial charge in [-0.05, 0) is 6.92 Å². The molecule has 2 bridgehead atoms. The van der Waals surface area contributed by atoms with E-state index in [1.807, 2.05) is 0 Å². The standard InChI is InChI=1S/C6H10O4.C5H6N2O2/c7-2-6-3-9-4(1-10-6)5(6)8;1-3-2-6-5(9)7-4(3)8/h4-5,7-8H,1-3H2;2H,1H3,(H2,6,7,8,9)/t4?,5-,6?;/m0./s1. The third-order valence-corrected chi connectivity index (χ3v) is 3.24. The van der Waals surface area contributed by atoms with E-state index in [9.17, 15) is 14.7 Å². The summed E-state index contributed by atoms with van der Waals surface area (Å²) in [5.41, 5.74) is -1.09. The summed E-state index contributed by atoms with van der Waals surface area (Å²) in [6.45, 7) is 2.18. The van der Waals surface area contributed by atoms with E-state index in [1.165, 1.54) is 6.20 Å². The van der Waals surface area contributed by atoms with Crippen LogP contribution in [0.4, 0.5) is 0 Å². The van der Waals surface area contributed by atoms with Gasteiger partial charge in [0.1, 0.15) is 17.8 Å². The number of fused-ring (bicyclic) bond motifs is 2. The van der Waals surface area contributed by atoms with E-state index in [1.54, 1.807) is 6.92 Å². The van der Waals surface area contributed by atoms with E-state index in [0.717, 1.165) is 0 Å². The SMILES string of the molecule is Cc1c[nH]c(=O)[nH]c1=O.OCC12COC(CO1)[C@@H]2O. The van der Waals surface area contributed by atoms with Crippen LogP contribution in [-0.2, 0) is 9.47 Å². The minimum atomic E-state index is -0.801. The molecule has 3 atom stereocenters. The van der Waals surface area contributed by atoms with Crippen molar-refractivity contribution in [3.05, 3.63) is 32.6 Å². The summed E-state index contributed by atoms with van der Waals surface area (Å²) in [6.07, 6.45) is 0.519. The maximum Gasteiger partial charge on any atom is 0.325 e. The zero-order valence-corrected chi connectivity index (χ0v) is 10.4. The average Bonchev–Trinajstić information content (AvgIpc) is 2.89. The monoisotopic (exact) mass is 272 g/mol. The van der Waals surface area contributed by atoms with E-state index in [-0.39, 0.29) is 18.3 Å². The highest BCUT2D eigenvalue weighted by molar-refractivity contribution is 5.03. The molecule has 2 fully saturated rings. The Hall–Kier alpha value is -1.48. The van der Waals surface area contributed by atoms with Gasteiger partial charge < -0.3 is 24.7 Å². The Morgan fingerprint density at radius 1 is 1.53 bits per heavy atom. The molecular formula is C11H16N2O6. The molecule has 19 heavy (non-hydrogen) atoms. The lowest BCUT2D eigenvalue weighted by molar-refractivity contribution is -0.122. The number of hydrogen-bond acceptors (Lipinski definition) is 6. The van der Waals surface area contributed by atoms with Gasteiger partial charge in [0.05, 0.1) is 19.8 Å². The minimum Gasteiger partial charge on any atom is -0.393 e. The molecule has 0 aromatic carbocycles. The van der Waals surface area contributed by atoms with Crippen LogP contribution in [0.25, 0.3) is 0 Å². The number of aromatic amines is 2. The van der Waals surface area contributed by atoms with Gasteiger partial charge in [-0.25, -0.2) is 4.79 Å². The number of H-pyrrole nitrogens is 2. The lowest BCUT2D eigenvalue weighted by Crippen LogP contribution is -2.43. The molecule has 0 aliphatic carbocycles. The van der Waals surface area contributed by atoms with Crippen molar-refractivity contribution in [3.63, 3.8) is 0 Å². The topological polar surface area (TPSA) is 125 Å². The molecule has 0 saturated carbocycles. The van der Waals surface area contributed by atoms with Gasteiger partial charge in [-0.3, -0.25) is 9.78 Å². The van der Waals surface area contributed by atoms with Gasteiger partial charge in [0.15, 0.2) is 0 Å². The summed E-state index contributed by atoms with van der Waals surface area (Å²) in [4.78, 5) is 25.3. The fraction of sp³-hybridized carbons (Fsp3) is 0.636. The molecule has 1 aromatic heterocycles. The quantitative estimate of drug-likeness (QED) is 0.463. The Morgan fingerprint density at radius 2 is 2.26 bits per heavy atom. The summed E-state index contributed by atoms with van der Waals surface area (Å²) in [7, 11) is 0. The molecule has 0 radical (unpaired) electrons. The van der Waals surface area contributed by atoms with E-state index in [0.29, 0.717) is 18.8 Å². The van der Waals surface area contributed by atoms with E-state index in [2.05, 4.69) is 9.97 Å². The van der Waals surface area contributed by atoms with Gasteiger partial charge in [-0.15, -0.1) is 0 Å². The molecule has 4 N–H and O–H groups in total. The van der Waals surface area contributed by atoms with Crippen LogP contribution in [0.2, 0.25) is 0 Å². The zero-order chi connectivity index (χ0) is 14.0. The molecule has 2 unspecified atom stereocenters. The first kappa shape index (κ1) is 13.9. The first-order valence-corrected chi connectivity index (χ1v) is 5.81. The molecule has 2 aliphatic heterocycles. The Balaban J connectivity index is 0.000000141. The van der Waals surface area contributed by atoms with E-state index < -0.39 is 17.4 Å². The van der Waals surface area contributed by atoms with Gasteiger partial charge in [0.25, 0.3) is 5.56 Å². The van der Waals surface area contributed by atoms with Gasteiger partial charge in [0.2, 0.25) is 0 Å². The molecule has 8 heteroatoms. The molecule has 1 aromatic rings. The summed E-state index contributed by atoms with van der Waals surface area (Å²) in [5, 5.41) is 18.2. The average molecular weight is 272 g/mol. The Kier molecular flexibility index (Phi) is 3.85. The summed E-state index contributed by atoms with van der Waals surface area (Å²) < 4.78 is 10.3.